The zero-order valence-electron chi connectivity index (χ0n) is 19.4. The number of carbonyl (C=O) groups is 3. The number of aliphatic hydroxyl groups excluding tert-OH is 1. The number of thioether (sulfide) groups is 1. The topological polar surface area (TPSA) is 81.2 Å². The van der Waals surface area contributed by atoms with Crippen LogP contribution in [0.5, 0.6) is 0 Å². The van der Waals surface area contributed by atoms with Crippen molar-refractivity contribution in [2.24, 2.45) is 11.8 Å². The van der Waals surface area contributed by atoms with Crippen molar-refractivity contribution >= 4 is 29.5 Å². The van der Waals surface area contributed by atoms with E-state index >= 15 is 0 Å². The second-order valence-electron chi connectivity index (χ2n) is 10.1. The van der Waals surface area contributed by atoms with E-state index in [2.05, 4.69) is 18.2 Å². The van der Waals surface area contributed by atoms with Gasteiger partial charge in [0.25, 0.3) is 0 Å². The van der Waals surface area contributed by atoms with Crippen LogP contribution < -0.4 is 0 Å². The smallest absolute Gasteiger partial charge is 0.247 e. The lowest BCUT2D eigenvalue weighted by atomic mass is 9.78. The molecule has 7 nitrogen and oxygen atoms in total. The Morgan fingerprint density at radius 2 is 1.82 bits per heavy atom. The van der Waals surface area contributed by atoms with Crippen molar-refractivity contribution in [3.8, 4) is 0 Å². The minimum Gasteiger partial charge on any atom is -0.396 e. The van der Waals surface area contributed by atoms with Gasteiger partial charge in [-0.25, -0.2) is 0 Å². The lowest BCUT2D eigenvalue weighted by Crippen LogP contribution is -2.55. The molecule has 4 heterocycles. The first-order valence-corrected chi connectivity index (χ1v) is 13.4. The molecular weight excluding hydrogens is 438 g/mol. The molecule has 1 aliphatic carbocycles. The Morgan fingerprint density at radius 1 is 1.03 bits per heavy atom. The predicted octanol–water partition coefficient (Wildman–Crippen LogP) is 1.82. The lowest BCUT2D eigenvalue weighted by Gasteiger charge is -2.39. The van der Waals surface area contributed by atoms with Gasteiger partial charge in [-0.1, -0.05) is 43.6 Å². The number of unbranched alkanes of at least 4 members (excludes halogenated alkanes) is 1. The van der Waals surface area contributed by atoms with Gasteiger partial charge >= 0.3 is 0 Å². The number of hydrogen-bond donors (Lipinski definition) is 1. The molecule has 1 unspecified atom stereocenters. The van der Waals surface area contributed by atoms with Gasteiger partial charge in [-0.2, -0.15) is 0 Å². The van der Waals surface area contributed by atoms with Gasteiger partial charge in [-0.15, -0.1) is 11.8 Å². The van der Waals surface area contributed by atoms with E-state index in [1.807, 2.05) is 11.0 Å². The second-order valence-corrected chi connectivity index (χ2v) is 11.6. The summed E-state index contributed by atoms with van der Waals surface area (Å²) in [5, 5.41) is 9.21. The van der Waals surface area contributed by atoms with E-state index in [1.165, 1.54) is 6.42 Å². The van der Waals surface area contributed by atoms with E-state index in [4.69, 9.17) is 0 Å². The molecule has 3 fully saturated rings. The van der Waals surface area contributed by atoms with Crippen LogP contribution in [0, 0.1) is 11.8 Å². The molecule has 4 aliphatic heterocycles. The monoisotopic (exact) mass is 473 g/mol. The normalized spacial score (nSPS) is 36.7. The molecule has 0 aromatic heterocycles. The molecular formula is C25H35N3O4S. The molecule has 2 saturated heterocycles. The van der Waals surface area contributed by atoms with Crippen molar-refractivity contribution in [2.45, 2.75) is 67.0 Å². The van der Waals surface area contributed by atoms with Crippen molar-refractivity contribution < 1.29 is 19.5 Å². The Balaban J connectivity index is 1.55. The summed E-state index contributed by atoms with van der Waals surface area (Å²) in [6.07, 6.45) is 15.1. The van der Waals surface area contributed by atoms with Crippen LogP contribution >= 0.6 is 11.8 Å². The molecule has 180 valence electrons. The van der Waals surface area contributed by atoms with E-state index in [0.717, 1.165) is 25.7 Å². The van der Waals surface area contributed by atoms with Crippen molar-refractivity contribution in [3.63, 3.8) is 0 Å². The van der Waals surface area contributed by atoms with Crippen molar-refractivity contribution in [1.29, 1.82) is 0 Å². The molecule has 3 amide bonds. The highest BCUT2D eigenvalue weighted by Gasteiger charge is 2.70. The van der Waals surface area contributed by atoms with E-state index in [9.17, 15) is 19.5 Å². The van der Waals surface area contributed by atoms with Crippen LogP contribution in [0.15, 0.2) is 24.3 Å². The molecule has 33 heavy (non-hydrogen) atoms. The second kappa shape index (κ2) is 9.10. The average Bonchev–Trinajstić information content (AvgIpc) is 3.13. The van der Waals surface area contributed by atoms with Crippen LogP contribution in [0.1, 0.15) is 44.9 Å². The standard InChI is InChI=1S/C25H35N3O4S/c1-26-13-7-11-18-19(22(26)30)20-23(31)28(14-5-6-16-29)21-24(32)27(17-9-3-2-4-10-17)15-8-12-25(20,21)33-18/h7-8,11-12,17-21,29H,2-6,9-10,13-16H2,1H3/t18-,19+,20-,21?,25-/m0/s1. The number of hydrogen-bond acceptors (Lipinski definition) is 5. The molecule has 0 bridgehead atoms. The number of aliphatic hydroxyl groups is 1. The Labute approximate surface area is 200 Å². The van der Waals surface area contributed by atoms with Crippen LogP contribution in [0.3, 0.4) is 0 Å². The van der Waals surface area contributed by atoms with E-state index in [-0.39, 0.29) is 35.6 Å². The Bertz CT molecular complexity index is 870. The lowest BCUT2D eigenvalue weighted by molar-refractivity contribution is -0.145. The molecule has 1 spiro atoms. The van der Waals surface area contributed by atoms with Gasteiger partial charge in [0.1, 0.15) is 6.04 Å². The van der Waals surface area contributed by atoms with Crippen LogP contribution in [0.25, 0.3) is 0 Å². The zero-order chi connectivity index (χ0) is 23.2. The Kier molecular flexibility index (Phi) is 6.33. The van der Waals surface area contributed by atoms with Crippen LogP contribution in [0.2, 0.25) is 0 Å². The molecule has 1 N–H and O–H groups in total. The molecule has 5 rings (SSSR count). The quantitative estimate of drug-likeness (QED) is 0.487. The fourth-order valence-corrected chi connectivity index (χ4v) is 8.64. The predicted molar refractivity (Wildman–Crippen MR) is 127 cm³/mol. The van der Waals surface area contributed by atoms with Gasteiger partial charge < -0.3 is 19.8 Å². The Hall–Kier alpha value is -1.80. The number of carbonyl (C=O) groups excluding carboxylic acids is 3. The first-order chi connectivity index (χ1) is 16.0. The maximum atomic E-state index is 14.2. The minimum absolute atomic E-state index is 0.00193. The fraction of sp³-hybridized carbons (Fsp3) is 0.720. The average molecular weight is 474 g/mol. The maximum absolute atomic E-state index is 14.2. The largest absolute Gasteiger partial charge is 0.396 e. The zero-order valence-corrected chi connectivity index (χ0v) is 20.2. The van der Waals surface area contributed by atoms with Crippen LogP contribution in [-0.4, -0.2) is 92.9 Å². The summed E-state index contributed by atoms with van der Waals surface area (Å²) >= 11 is 1.65. The van der Waals surface area contributed by atoms with Crippen molar-refractivity contribution in [1.82, 2.24) is 14.7 Å². The van der Waals surface area contributed by atoms with E-state index in [0.29, 0.717) is 32.5 Å². The molecule has 0 radical (unpaired) electrons. The van der Waals surface area contributed by atoms with E-state index in [1.54, 1.807) is 28.6 Å². The van der Waals surface area contributed by atoms with Gasteiger partial charge in [0.15, 0.2) is 0 Å². The van der Waals surface area contributed by atoms with Gasteiger partial charge in [0.2, 0.25) is 17.7 Å². The van der Waals surface area contributed by atoms with Gasteiger partial charge in [0.05, 0.1) is 16.6 Å². The number of fused-ring (bicyclic) bond motifs is 2. The minimum atomic E-state index is -0.718. The first kappa shape index (κ1) is 23.0. The summed E-state index contributed by atoms with van der Waals surface area (Å²) in [5.41, 5.74) is 0. The van der Waals surface area contributed by atoms with E-state index < -0.39 is 22.6 Å². The third-order valence-corrected chi connectivity index (χ3v) is 9.96. The highest BCUT2D eigenvalue weighted by Crippen LogP contribution is 2.61. The van der Waals surface area contributed by atoms with Gasteiger partial charge in [0, 0.05) is 44.6 Å². The summed E-state index contributed by atoms with van der Waals surface area (Å²) in [7, 11) is 1.79. The first-order valence-electron chi connectivity index (χ1n) is 12.5. The SMILES string of the molecule is CN1CC=C[C@@H]2S[C@]34C=CCN(C5CCCCC5)C(=O)C3N(CCCCO)C(=O)[C@@H]4[C@@H]2C1=O. The molecule has 5 atom stereocenters. The number of amides is 3. The number of nitrogens with zero attached hydrogens (tertiary/aromatic N) is 3. The van der Waals surface area contributed by atoms with Crippen molar-refractivity contribution in [3.05, 3.63) is 24.3 Å². The molecule has 0 aromatic carbocycles. The summed E-state index contributed by atoms with van der Waals surface area (Å²) in [6.45, 7) is 1.63. The molecule has 5 aliphatic rings. The summed E-state index contributed by atoms with van der Waals surface area (Å²) in [5.74, 6) is -1.01. The number of rotatable bonds is 5. The number of likely N-dealkylation sites (N-methyl/N-ethyl adjacent to an activating group) is 1. The van der Waals surface area contributed by atoms with Crippen molar-refractivity contribution in [2.75, 3.05) is 33.3 Å². The third kappa shape index (κ3) is 3.64. The van der Waals surface area contributed by atoms with Crippen LogP contribution in [-0.2, 0) is 14.4 Å². The number of likely N-dealkylation sites (tertiary alicyclic amines) is 1. The van der Waals surface area contributed by atoms with Gasteiger partial charge in [-0.05, 0) is 25.7 Å². The highest BCUT2D eigenvalue weighted by molar-refractivity contribution is 8.02. The molecule has 0 aromatic rings. The summed E-state index contributed by atoms with van der Waals surface area (Å²) in [4.78, 5) is 47.0. The highest BCUT2D eigenvalue weighted by atomic mass is 32.2. The fourth-order valence-electron chi connectivity index (χ4n) is 6.64. The molecule has 8 heteroatoms. The summed E-state index contributed by atoms with van der Waals surface area (Å²) in [6, 6.07) is -0.359. The van der Waals surface area contributed by atoms with Gasteiger partial charge in [-0.3, -0.25) is 14.4 Å². The van der Waals surface area contributed by atoms with Crippen LogP contribution in [0.4, 0.5) is 0 Å². The third-order valence-electron chi connectivity index (χ3n) is 8.21. The summed E-state index contributed by atoms with van der Waals surface area (Å²) < 4.78 is -0.718. The Morgan fingerprint density at radius 3 is 2.58 bits per heavy atom. The maximum Gasteiger partial charge on any atom is 0.247 e. The molecule has 1 saturated carbocycles.